The van der Waals surface area contributed by atoms with Crippen LogP contribution in [-0.4, -0.2) is 10.8 Å². The summed E-state index contributed by atoms with van der Waals surface area (Å²) in [7, 11) is 0. The van der Waals surface area contributed by atoms with E-state index in [1.54, 1.807) is 31.2 Å². The lowest BCUT2D eigenvalue weighted by molar-refractivity contribution is 0.0712. The molecule has 0 saturated carbocycles. The molecule has 1 atom stereocenters. The van der Waals surface area contributed by atoms with E-state index in [0.29, 0.717) is 16.1 Å². The SMILES string of the molecule is Cc1cc2oc3c(c(=O)c2cc1Cl)C(c1ccccc1F)N(Cc1ccc(F)cc1)C3=O. The Hall–Kier alpha value is -3.51. The minimum atomic E-state index is -0.996. The van der Waals surface area contributed by atoms with Crippen molar-refractivity contribution in [2.24, 2.45) is 0 Å². The molecular formula is C25H16ClF2NO3. The number of nitrogens with zero attached hydrogens (tertiary/aromatic N) is 1. The summed E-state index contributed by atoms with van der Waals surface area (Å²) < 4.78 is 34.1. The van der Waals surface area contributed by atoms with E-state index in [-0.39, 0.29) is 34.4 Å². The predicted octanol–water partition coefficient (Wildman–Crippen LogP) is 5.78. The standard InChI is InChI=1S/C25H16ClF2NO3/c1-13-10-20-17(11-18(13)26)23(30)21-22(16-4-2-3-5-19(16)28)29(25(31)24(21)32-20)12-14-6-8-15(27)9-7-14/h2-11,22H,12H2,1H3. The smallest absolute Gasteiger partial charge is 0.291 e. The molecule has 1 aromatic heterocycles. The first kappa shape index (κ1) is 20.4. The van der Waals surface area contributed by atoms with Crippen LogP contribution in [0, 0.1) is 18.6 Å². The fourth-order valence-electron chi connectivity index (χ4n) is 4.11. The maximum absolute atomic E-state index is 14.8. The normalized spacial score (nSPS) is 15.4. The maximum atomic E-state index is 14.8. The molecule has 0 N–H and O–H groups in total. The molecule has 0 aliphatic carbocycles. The Balaban J connectivity index is 1.75. The van der Waals surface area contributed by atoms with Gasteiger partial charge in [0.25, 0.3) is 5.91 Å². The van der Waals surface area contributed by atoms with E-state index in [1.165, 1.54) is 41.3 Å². The summed E-state index contributed by atoms with van der Waals surface area (Å²) in [5.41, 5.74) is 1.36. The van der Waals surface area contributed by atoms with Crippen molar-refractivity contribution < 1.29 is 18.0 Å². The van der Waals surface area contributed by atoms with Gasteiger partial charge in [-0.1, -0.05) is 41.9 Å². The molecule has 0 saturated heterocycles. The maximum Gasteiger partial charge on any atom is 0.291 e. The van der Waals surface area contributed by atoms with Crippen LogP contribution in [-0.2, 0) is 6.54 Å². The average molecular weight is 452 g/mol. The molecule has 32 heavy (non-hydrogen) atoms. The highest BCUT2D eigenvalue weighted by molar-refractivity contribution is 6.32. The van der Waals surface area contributed by atoms with Crippen LogP contribution < -0.4 is 5.43 Å². The summed E-state index contributed by atoms with van der Waals surface area (Å²) in [4.78, 5) is 28.2. The summed E-state index contributed by atoms with van der Waals surface area (Å²) in [6, 6.07) is 13.7. The van der Waals surface area contributed by atoms with Crippen molar-refractivity contribution in [2.45, 2.75) is 19.5 Å². The van der Waals surface area contributed by atoms with E-state index in [2.05, 4.69) is 0 Å². The molecule has 0 bridgehead atoms. The van der Waals surface area contributed by atoms with Crippen molar-refractivity contribution in [3.8, 4) is 0 Å². The van der Waals surface area contributed by atoms with Crippen molar-refractivity contribution in [3.05, 3.63) is 116 Å². The number of fused-ring (bicyclic) bond motifs is 2. The Morgan fingerprint density at radius 1 is 1.03 bits per heavy atom. The Morgan fingerprint density at radius 3 is 2.47 bits per heavy atom. The van der Waals surface area contributed by atoms with Crippen molar-refractivity contribution >= 4 is 28.5 Å². The molecule has 1 aliphatic rings. The first-order chi connectivity index (χ1) is 15.3. The van der Waals surface area contributed by atoms with Gasteiger partial charge in [-0.25, -0.2) is 8.78 Å². The zero-order valence-corrected chi connectivity index (χ0v) is 17.6. The molecule has 1 amide bonds. The number of carbonyl (C=O) groups excluding carboxylic acids is 1. The zero-order valence-electron chi connectivity index (χ0n) is 16.9. The van der Waals surface area contributed by atoms with Crippen LogP contribution in [0.25, 0.3) is 11.0 Å². The number of rotatable bonds is 3. The molecule has 0 spiro atoms. The van der Waals surface area contributed by atoms with Gasteiger partial charge in [-0.2, -0.15) is 0 Å². The third-order valence-corrected chi connectivity index (χ3v) is 6.12. The number of hydrogen-bond donors (Lipinski definition) is 0. The van der Waals surface area contributed by atoms with Gasteiger partial charge in [0.2, 0.25) is 5.76 Å². The van der Waals surface area contributed by atoms with E-state index in [9.17, 15) is 18.4 Å². The second kappa shape index (κ2) is 7.57. The number of hydrogen-bond acceptors (Lipinski definition) is 3. The molecule has 0 radical (unpaired) electrons. The molecule has 3 aromatic carbocycles. The lowest BCUT2D eigenvalue weighted by Crippen LogP contribution is -2.29. The van der Waals surface area contributed by atoms with Crippen LogP contribution in [0.4, 0.5) is 8.78 Å². The van der Waals surface area contributed by atoms with Gasteiger partial charge in [-0.15, -0.1) is 0 Å². The van der Waals surface area contributed by atoms with Gasteiger partial charge in [-0.05, 0) is 48.4 Å². The molecule has 1 unspecified atom stereocenters. The number of carbonyl (C=O) groups is 1. The van der Waals surface area contributed by atoms with Crippen LogP contribution in [0.2, 0.25) is 5.02 Å². The minimum Gasteiger partial charge on any atom is -0.450 e. The van der Waals surface area contributed by atoms with E-state index in [0.717, 1.165) is 0 Å². The van der Waals surface area contributed by atoms with Crippen LogP contribution in [0.1, 0.15) is 38.9 Å². The van der Waals surface area contributed by atoms with Gasteiger partial charge < -0.3 is 9.32 Å². The highest BCUT2D eigenvalue weighted by Crippen LogP contribution is 2.40. The Labute approximate surface area is 186 Å². The summed E-state index contributed by atoms with van der Waals surface area (Å²) in [6.07, 6.45) is 0. The summed E-state index contributed by atoms with van der Waals surface area (Å²) in [6.45, 7) is 1.80. The quantitative estimate of drug-likeness (QED) is 0.397. The number of amides is 1. The van der Waals surface area contributed by atoms with Crippen LogP contribution in [0.15, 0.2) is 69.9 Å². The molecular weight excluding hydrogens is 436 g/mol. The molecule has 1 aliphatic heterocycles. The molecule has 2 heterocycles. The highest BCUT2D eigenvalue weighted by Gasteiger charge is 2.43. The number of halogens is 3. The molecule has 160 valence electrons. The number of aryl methyl sites for hydroxylation is 1. The van der Waals surface area contributed by atoms with Crippen LogP contribution in [0.5, 0.6) is 0 Å². The van der Waals surface area contributed by atoms with E-state index in [4.69, 9.17) is 16.0 Å². The van der Waals surface area contributed by atoms with Gasteiger partial charge in [-0.3, -0.25) is 9.59 Å². The van der Waals surface area contributed by atoms with Gasteiger partial charge in [0, 0.05) is 17.1 Å². The molecule has 4 nitrogen and oxygen atoms in total. The van der Waals surface area contributed by atoms with E-state index in [1.807, 2.05) is 0 Å². The van der Waals surface area contributed by atoms with Crippen LogP contribution in [0.3, 0.4) is 0 Å². The lowest BCUT2D eigenvalue weighted by atomic mass is 9.97. The van der Waals surface area contributed by atoms with Gasteiger partial charge >= 0.3 is 0 Å². The average Bonchev–Trinajstić information content (AvgIpc) is 3.04. The van der Waals surface area contributed by atoms with Crippen molar-refractivity contribution in [1.82, 2.24) is 4.90 Å². The van der Waals surface area contributed by atoms with E-state index >= 15 is 0 Å². The van der Waals surface area contributed by atoms with Crippen molar-refractivity contribution in [1.29, 1.82) is 0 Å². The fraction of sp³-hybridized carbons (Fsp3) is 0.120. The van der Waals surface area contributed by atoms with Gasteiger partial charge in [0.15, 0.2) is 5.43 Å². The predicted molar refractivity (Wildman–Crippen MR) is 117 cm³/mol. The van der Waals surface area contributed by atoms with Gasteiger partial charge in [0.1, 0.15) is 17.2 Å². The lowest BCUT2D eigenvalue weighted by Gasteiger charge is -2.25. The largest absolute Gasteiger partial charge is 0.450 e. The fourth-order valence-corrected chi connectivity index (χ4v) is 4.27. The zero-order chi connectivity index (χ0) is 22.6. The minimum absolute atomic E-state index is 0.0396. The second-order valence-corrected chi connectivity index (χ2v) is 8.16. The topological polar surface area (TPSA) is 50.5 Å². The van der Waals surface area contributed by atoms with Crippen molar-refractivity contribution in [3.63, 3.8) is 0 Å². The summed E-state index contributed by atoms with van der Waals surface area (Å²) in [5.74, 6) is -1.63. The highest BCUT2D eigenvalue weighted by atomic mass is 35.5. The number of benzene rings is 3. The van der Waals surface area contributed by atoms with Crippen molar-refractivity contribution in [2.75, 3.05) is 0 Å². The third kappa shape index (κ3) is 3.19. The summed E-state index contributed by atoms with van der Waals surface area (Å²) in [5, 5.41) is 0.608. The van der Waals surface area contributed by atoms with Crippen LogP contribution >= 0.6 is 11.6 Å². The second-order valence-electron chi connectivity index (χ2n) is 7.76. The van der Waals surface area contributed by atoms with Gasteiger partial charge in [0.05, 0.1) is 17.0 Å². The molecule has 5 rings (SSSR count). The molecule has 4 aromatic rings. The Kier molecular flexibility index (Phi) is 4.82. The molecule has 7 heteroatoms. The monoisotopic (exact) mass is 451 g/mol. The first-order valence-corrected chi connectivity index (χ1v) is 10.3. The summed E-state index contributed by atoms with van der Waals surface area (Å²) >= 11 is 6.22. The first-order valence-electron chi connectivity index (χ1n) is 9.92. The van der Waals surface area contributed by atoms with E-state index < -0.39 is 29.0 Å². The third-order valence-electron chi connectivity index (χ3n) is 5.71. The molecule has 0 fully saturated rings. The Morgan fingerprint density at radius 2 is 1.75 bits per heavy atom. The Bertz CT molecular complexity index is 1450.